The van der Waals surface area contributed by atoms with Gasteiger partial charge in [-0.15, -0.1) is 11.8 Å². The van der Waals surface area contributed by atoms with Crippen LogP contribution in [0.2, 0.25) is 0 Å². The van der Waals surface area contributed by atoms with E-state index in [4.69, 9.17) is 4.74 Å². The van der Waals surface area contributed by atoms with Crippen LogP contribution in [0.25, 0.3) is 0 Å². The minimum atomic E-state index is -0.958. The van der Waals surface area contributed by atoms with Gasteiger partial charge in [0.15, 0.2) is 0 Å². The van der Waals surface area contributed by atoms with Gasteiger partial charge in [-0.2, -0.15) is 0 Å². The zero-order valence-corrected chi connectivity index (χ0v) is 21.4. The molecule has 0 aliphatic carbocycles. The summed E-state index contributed by atoms with van der Waals surface area (Å²) in [6.45, 7) is 2.35. The maximum Gasteiger partial charge on any atom is 0.321 e. The molecule has 36 heavy (non-hydrogen) atoms. The molecule has 2 heterocycles. The van der Waals surface area contributed by atoms with Crippen molar-refractivity contribution in [1.82, 2.24) is 9.80 Å². The van der Waals surface area contributed by atoms with Crippen LogP contribution in [0.5, 0.6) is 0 Å². The molecular weight excluding hydrogens is 468 g/mol. The van der Waals surface area contributed by atoms with Crippen molar-refractivity contribution in [1.29, 1.82) is 0 Å². The topological polar surface area (TPSA) is 53.0 Å². The first-order valence-corrected chi connectivity index (χ1v) is 13.8. The van der Waals surface area contributed by atoms with Crippen LogP contribution in [0.15, 0.2) is 91.0 Å². The Bertz CT molecular complexity index is 1110. The van der Waals surface area contributed by atoms with E-state index >= 15 is 0 Å². The van der Waals surface area contributed by atoms with E-state index in [2.05, 4.69) is 24.3 Å². The Morgan fingerprint density at radius 1 is 0.806 bits per heavy atom. The summed E-state index contributed by atoms with van der Waals surface area (Å²) in [6, 6.07) is 30.2. The molecule has 5 rings (SSSR count). The van der Waals surface area contributed by atoms with Crippen LogP contribution < -0.4 is 0 Å². The summed E-state index contributed by atoms with van der Waals surface area (Å²) in [4.78, 5) is 16.6. The number of amides is 2. The minimum Gasteiger partial charge on any atom is -0.377 e. The predicted octanol–water partition coefficient (Wildman–Crippen LogP) is 5.68. The number of urea groups is 1. The molecule has 0 bridgehead atoms. The van der Waals surface area contributed by atoms with Crippen molar-refractivity contribution in [3.8, 4) is 0 Å². The molecule has 0 saturated carbocycles. The van der Waals surface area contributed by atoms with Crippen LogP contribution in [-0.4, -0.2) is 50.3 Å². The SMILES string of the molecule is O=C1N(Cc2ccccc2)C2CSC(O)(CCCCOCc3ccccc3)C2N1Cc1ccccc1. The normalized spacial score (nSPS) is 23.3. The maximum absolute atomic E-state index is 13.7. The second kappa shape index (κ2) is 11.5. The molecule has 2 aliphatic heterocycles. The number of carbonyl (C=O) groups is 1. The fourth-order valence-corrected chi connectivity index (χ4v) is 6.89. The van der Waals surface area contributed by atoms with Crippen molar-refractivity contribution < 1.29 is 14.6 Å². The highest BCUT2D eigenvalue weighted by Crippen LogP contribution is 2.48. The van der Waals surface area contributed by atoms with Crippen molar-refractivity contribution in [2.45, 2.75) is 56.0 Å². The molecule has 2 fully saturated rings. The largest absolute Gasteiger partial charge is 0.377 e. The monoisotopic (exact) mass is 502 g/mol. The van der Waals surface area contributed by atoms with Gasteiger partial charge in [0.1, 0.15) is 4.93 Å². The highest BCUT2D eigenvalue weighted by Gasteiger charge is 2.59. The molecule has 0 spiro atoms. The average molecular weight is 503 g/mol. The molecule has 188 valence electrons. The van der Waals surface area contributed by atoms with Gasteiger partial charge in [-0.1, -0.05) is 91.0 Å². The second-order valence-corrected chi connectivity index (χ2v) is 11.0. The highest BCUT2D eigenvalue weighted by atomic mass is 32.2. The van der Waals surface area contributed by atoms with E-state index in [-0.39, 0.29) is 18.1 Å². The lowest BCUT2D eigenvalue weighted by Gasteiger charge is -2.34. The molecule has 0 radical (unpaired) electrons. The third-order valence-corrected chi connectivity index (χ3v) is 8.59. The van der Waals surface area contributed by atoms with Gasteiger partial charge in [0.05, 0.1) is 18.7 Å². The van der Waals surface area contributed by atoms with E-state index in [1.165, 1.54) is 5.56 Å². The van der Waals surface area contributed by atoms with Crippen LogP contribution >= 0.6 is 11.8 Å². The Kier molecular flexibility index (Phi) is 7.95. The number of hydrogen-bond donors (Lipinski definition) is 1. The molecule has 0 aromatic heterocycles. The summed E-state index contributed by atoms with van der Waals surface area (Å²) in [5.41, 5.74) is 3.37. The van der Waals surface area contributed by atoms with Crippen molar-refractivity contribution in [3.63, 3.8) is 0 Å². The molecule has 3 unspecified atom stereocenters. The van der Waals surface area contributed by atoms with Crippen LogP contribution in [0, 0.1) is 0 Å². The summed E-state index contributed by atoms with van der Waals surface area (Å²) in [6.07, 6.45) is 2.38. The molecule has 2 amide bonds. The number of rotatable bonds is 11. The first-order valence-electron chi connectivity index (χ1n) is 12.8. The lowest BCUT2D eigenvalue weighted by atomic mass is 9.97. The van der Waals surface area contributed by atoms with Crippen LogP contribution in [-0.2, 0) is 24.4 Å². The molecule has 2 aliphatic rings. The molecule has 1 N–H and O–H groups in total. The van der Waals surface area contributed by atoms with Crippen molar-refractivity contribution in [2.75, 3.05) is 12.4 Å². The third kappa shape index (κ3) is 5.61. The Morgan fingerprint density at radius 2 is 1.36 bits per heavy atom. The number of fused-ring (bicyclic) bond motifs is 1. The summed E-state index contributed by atoms with van der Waals surface area (Å²) in [5, 5.41) is 11.8. The van der Waals surface area contributed by atoms with Gasteiger partial charge >= 0.3 is 6.03 Å². The van der Waals surface area contributed by atoms with E-state index in [1.807, 2.05) is 76.5 Å². The lowest BCUT2D eigenvalue weighted by Crippen LogP contribution is -2.48. The zero-order chi connectivity index (χ0) is 24.8. The smallest absolute Gasteiger partial charge is 0.321 e. The predicted molar refractivity (Wildman–Crippen MR) is 144 cm³/mol. The molecule has 3 aromatic rings. The van der Waals surface area contributed by atoms with E-state index in [9.17, 15) is 9.90 Å². The molecule has 3 aromatic carbocycles. The zero-order valence-electron chi connectivity index (χ0n) is 20.5. The van der Waals surface area contributed by atoms with E-state index in [1.54, 1.807) is 11.8 Å². The summed E-state index contributed by atoms with van der Waals surface area (Å²) >= 11 is 1.61. The minimum absolute atomic E-state index is 0.00857. The molecule has 6 heteroatoms. The highest BCUT2D eigenvalue weighted by molar-refractivity contribution is 8.00. The Morgan fingerprint density at radius 3 is 1.97 bits per heavy atom. The fraction of sp³-hybridized carbons (Fsp3) is 0.367. The van der Waals surface area contributed by atoms with Crippen molar-refractivity contribution in [2.24, 2.45) is 0 Å². The van der Waals surface area contributed by atoms with Crippen LogP contribution in [0.1, 0.15) is 36.0 Å². The number of thioether (sulfide) groups is 1. The summed E-state index contributed by atoms with van der Waals surface area (Å²) < 4.78 is 5.84. The van der Waals surface area contributed by atoms with Gasteiger partial charge in [-0.3, -0.25) is 0 Å². The van der Waals surface area contributed by atoms with Gasteiger partial charge in [0, 0.05) is 25.4 Å². The first-order chi connectivity index (χ1) is 17.6. The van der Waals surface area contributed by atoms with Crippen molar-refractivity contribution >= 4 is 17.8 Å². The number of benzene rings is 3. The Labute approximate surface area is 218 Å². The second-order valence-electron chi connectivity index (χ2n) is 9.67. The Balaban J connectivity index is 1.24. The van der Waals surface area contributed by atoms with Crippen LogP contribution in [0.3, 0.4) is 0 Å². The van der Waals surface area contributed by atoms with Gasteiger partial charge in [-0.05, 0) is 36.0 Å². The Hall–Kier alpha value is -2.80. The lowest BCUT2D eigenvalue weighted by molar-refractivity contribution is 0.0393. The number of carbonyl (C=O) groups excluding carboxylic acids is 1. The number of nitrogens with zero attached hydrogens (tertiary/aromatic N) is 2. The van der Waals surface area contributed by atoms with Gasteiger partial charge < -0.3 is 19.6 Å². The molecular formula is C30H34N2O3S. The van der Waals surface area contributed by atoms with Gasteiger partial charge in [0.25, 0.3) is 0 Å². The van der Waals surface area contributed by atoms with E-state index in [0.29, 0.717) is 32.7 Å². The first kappa shape index (κ1) is 24.9. The third-order valence-electron chi connectivity index (χ3n) is 7.13. The number of hydrogen-bond acceptors (Lipinski definition) is 4. The van der Waals surface area contributed by atoms with Crippen molar-refractivity contribution in [3.05, 3.63) is 108 Å². The fourth-order valence-electron chi connectivity index (χ4n) is 5.32. The van der Waals surface area contributed by atoms with Gasteiger partial charge in [0.2, 0.25) is 0 Å². The molecule has 3 atom stereocenters. The number of unbranched alkanes of at least 4 members (excludes halogenated alkanes) is 1. The van der Waals surface area contributed by atoms with E-state index < -0.39 is 4.93 Å². The maximum atomic E-state index is 13.7. The average Bonchev–Trinajstić information content (AvgIpc) is 3.38. The summed E-state index contributed by atoms with van der Waals surface area (Å²) in [7, 11) is 0. The van der Waals surface area contributed by atoms with Gasteiger partial charge in [-0.25, -0.2) is 4.79 Å². The quantitative estimate of drug-likeness (QED) is 0.271. The van der Waals surface area contributed by atoms with E-state index in [0.717, 1.165) is 29.7 Å². The number of ether oxygens (including phenoxy) is 1. The summed E-state index contributed by atoms with van der Waals surface area (Å²) in [5.74, 6) is 0.746. The standard InChI is InChI=1S/C30H34N2O3S/c33-29-31(20-24-12-4-1-5-13-24)27-23-36-30(34,28(27)32(29)21-25-14-6-2-7-15-25)18-10-11-19-35-22-26-16-8-3-9-17-26/h1-9,12-17,27-28,34H,10-11,18-23H2. The molecule has 5 nitrogen and oxygen atoms in total. The number of aliphatic hydroxyl groups is 1. The van der Waals surface area contributed by atoms with Crippen LogP contribution in [0.4, 0.5) is 4.79 Å². The molecule has 2 saturated heterocycles.